The third-order valence-corrected chi connectivity index (χ3v) is 4.46. The Morgan fingerprint density at radius 2 is 2.10 bits per heavy atom. The van der Waals surface area contributed by atoms with Crippen molar-refractivity contribution in [2.24, 2.45) is 0 Å². The second-order valence-corrected chi connectivity index (χ2v) is 6.94. The van der Waals surface area contributed by atoms with Gasteiger partial charge in [0.25, 0.3) is 0 Å². The number of carbonyl (C=O) groups excluding carboxylic acids is 1. The number of nitrogens with one attached hydrogen (secondary N) is 1. The van der Waals surface area contributed by atoms with Crippen LogP contribution >= 0.6 is 0 Å². The van der Waals surface area contributed by atoms with Crippen LogP contribution in [0.1, 0.15) is 0 Å². The minimum Gasteiger partial charge on any atom is -0.353 e. The third-order valence-electron chi connectivity index (χ3n) is 3.35. The summed E-state index contributed by atoms with van der Waals surface area (Å²) in [5, 5.41) is 3.38. The van der Waals surface area contributed by atoms with E-state index in [1.165, 1.54) is 12.4 Å². The van der Waals surface area contributed by atoms with Crippen LogP contribution in [0.4, 0.5) is 5.82 Å². The molecule has 1 saturated heterocycles. The quantitative estimate of drug-likeness (QED) is 0.837. The van der Waals surface area contributed by atoms with Crippen molar-refractivity contribution in [1.29, 1.82) is 0 Å². The molecule has 2 aromatic rings. The standard InChI is InChI=1S/C13H14N4O3S/c1-21(19,20)9-2-3-11-10(6-9)13(16-8-15-11)17-5-4-14-12(18)7-17/h2-3,6,8H,4-5,7H2,1H3,(H,14,18). The maximum Gasteiger partial charge on any atom is 0.239 e. The van der Waals surface area contributed by atoms with Gasteiger partial charge in [0.2, 0.25) is 5.91 Å². The number of sulfone groups is 1. The lowest BCUT2D eigenvalue weighted by molar-refractivity contribution is -0.120. The molecule has 0 radical (unpaired) electrons. The molecule has 0 bridgehead atoms. The molecule has 1 aromatic carbocycles. The number of aromatic nitrogens is 2. The van der Waals surface area contributed by atoms with Crippen LogP contribution in [-0.4, -0.2) is 50.2 Å². The predicted octanol–water partition coefficient (Wildman–Crippen LogP) is -0.0305. The Morgan fingerprint density at radius 3 is 2.81 bits per heavy atom. The van der Waals surface area contributed by atoms with Gasteiger partial charge in [-0.3, -0.25) is 4.79 Å². The van der Waals surface area contributed by atoms with E-state index in [1.807, 2.05) is 4.90 Å². The number of fused-ring (bicyclic) bond motifs is 1. The summed E-state index contributed by atoms with van der Waals surface area (Å²) in [5.74, 6) is 0.507. The Kier molecular flexibility index (Phi) is 3.25. The van der Waals surface area contributed by atoms with Gasteiger partial charge in [-0.2, -0.15) is 0 Å². The second-order valence-electron chi connectivity index (χ2n) is 4.92. The van der Waals surface area contributed by atoms with Gasteiger partial charge >= 0.3 is 0 Å². The average Bonchev–Trinajstić information content (AvgIpc) is 2.45. The number of hydrogen-bond acceptors (Lipinski definition) is 6. The van der Waals surface area contributed by atoms with Gasteiger partial charge in [-0.15, -0.1) is 0 Å². The Bertz CT molecular complexity index is 819. The van der Waals surface area contributed by atoms with E-state index in [4.69, 9.17) is 0 Å². The van der Waals surface area contributed by atoms with Gasteiger partial charge in [-0.25, -0.2) is 18.4 Å². The smallest absolute Gasteiger partial charge is 0.239 e. The lowest BCUT2D eigenvalue weighted by atomic mass is 10.2. The highest BCUT2D eigenvalue weighted by atomic mass is 32.2. The van der Waals surface area contributed by atoms with Gasteiger partial charge in [0.1, 0.15) is 12.1 Å². The van der Waals surface area contributed by atoms with Gasteiger partial charge < -0.3 is 10.2 Å². The summed E-state index contributed by atoms with van der Waals surface area (Å²) in [6, 6.07) is 4.74. The largest absolute Gasteiger partial charge is 0.353 e. The summed E-state index contributed by atoms with van der Waals surface area (Å²) < 4.78 is 23.4. The molecule has 0 unspecified atom stereocenters. The maximum absolute atomic E-state index is 11.7. The topological polar surface area (TPSA) is 92.3 Å². The van der Waals surface area contributed by atoms with Crippen LogP contribution in [0, 0.1) is 0 Å². The van der Waals surface area contributed by atoms with Crippen molar-refractivity contribution in [1.82, 2.24) is 15.3 Å². The number of carbonyl (C=O) groups is 1. The second kappa shape index (κ2) is 4.96. The minimum absolute atomic E-state index is 0.0766. The maximum atomic E-state index is 11.7. The van der Waals surface area contributed by atoms with E-state index in [2.05, 4.69) is 15.3 Å². The van der Waals surface area contributed by atoms with E-state index in [9.17, 15) is 13.2 Å². The molecule has 0 aliphatic carbocycles. The summed E-state index contributed by atoms with van der Waals surface area (Å²) in [6.07, 6.45) is 2.58. The summed E-state index contributed by atoms with van der Waals surface area (Å²) in [7, 11) is -3.31. The monoisotopic (exact) mass is 306 g/mol. The van der Waals surface area contributed by atoms with Gasteiger partial charge in [0.15, 0.2) is 9.84 Å². The number of benzene rings is 1. The number of hydrogen-bond donors (Lipinski definition) is 1. The van der Waals surface area contributed by atoms with Crippen molar-refractivity contribution in [3.05, 3.63) is 24.5 Å². The zero-order valence-corrected chi connectivity index (χ0v) is 12.2. The fourth-order valence-electron chi connectivity index (χ4n) is 2.32. The molecule has 1 aromatic heterocycles. The van der Waals surface area contributed by atoms with Crippen molar-refractivity contribution in [3.8, 4) is 0 Å². The molecule has 0 spiro atoms. The molecule has 3 rings (SSSR count). The molecule has 110 valence electrons. The summed E-state index contributed by atoms with van der Waals surface area (Å²) in [6.45, 7) is 1.37. The predicted molar refractivity (Wildman–Crippen MR) is 77.9 cm³/mol. The third kappa shape index (κ3) is 2.66. The van der Waals surface area contributed by atoms with Crippen LogP contribution in [0.15, 0.2) is 29.4 Å². The van der Waals surface area contributed by atoms with Crippen molar-refractivity contribution in [2.45, 2.75) is 4.90 Å². The van der Waals surface area contributed by atoms with E-state index in [1.54, 1.807) is 12.1 Å². The zero-order valence-electron chi connectivity index (χ0n) is 11.4. The van der Waals surface area contributed by atoms with E-state index < -0.39 is 9.84 Å². The molecular formula is C13H14N4O3S. The highest BCUT2D eigenvalue weighted by Crippen LogP contribution is 2.25. The molecule has 0 atom stereocenters. The van der Waals surface area contributed by atoms with E-state index in [-0.39, 0.29) is 17.3 Å². The van der Waals surface area contributed by atoms with Gasteiger partial charge in [0, 0.05) is 24.7 Å². The molecule has 0 saturated carbocycles. The first-order valence-corrected chi connectivity index (χ1v) is 8.31. The van der Waals surface area contributed by atoms with E-state index in [0.29, 0.717) is 29.8 Å². The van der Waals surface area contributed by atoms with Crippen molar-refractivity contribution in [2.75, 3.05) is 30.8 Å². The summed E-state index contributed by atoms with van der Waals surface area (Å²) in [5.41, 5.74) is 0.651. The van der Waals surface area contributed by atoms with Crippen LogP contribution in [0.2, 0.25) is 0 Å². The van der Waals surface area contributed by atoms with Crippen LogP contribution in [-0.2, 0) is 14.6 Å². The van der Waals surface area contributed by atoms with Crippen molar-refractivity contribution >= 4 is 32.5 Å². The number of piperazine rings is 1. The van der Waals surface area contributed by atoms with E-state index in [0.717, 1.165) is 6.26 Å². The normalized spacial score (nSPS) is 16.0. The SMILES string of the molecule is CS(=O)(=O)c1ccc2ncnc(N3CCNC(=O)C3)c2c1. The molecule has 7 nitrogen and oxygen atoms in total. The lowest BCUT2D eigenvalue weighted by Gasteiger charge is -2.28. The van der Waals surface area contributed by atoms with Crippen LogP contribution in [0.25, 0.3) is 10.9 Å². The Balaban J connectivity index is 2.15. The summed E-state index contributed by atoms with van der Waals surface area (Å²) in [4.78, 5) is 21.9. The first kappa shape index (κ1) is 13.7. The molecular weight excluding hydrogens is 292 g/mol. The molecule has 8 heteroatoms. The minimum atomic E-state index is -3.31. The molecule has 1 fully saturated rings. The lowest BCUT2D eigenvalue weighted by Crippen LogP contribution is -2.48. The van der Waals surface area contributed by atoms with Gasteiger partial charge in [-0.1, -0.05) is 0 Å². The zero-order chi connectivity index (χ0) is 15.0. The average molecular weight is 306 g/mol. The number of nitrogens with zero attached hydrogens (tertiary/aromatic N) is 3. The van der Waals surface area contributed by atoms with Gasteiger partial charge in [-0.05, 0) is 18.2 Å². The first-order valence-electron chi connectivity index (χ1n) is 6.41. The molecule has 1 amide bonds. The fraction of sp³-hybridized carbons (Fsp3) is 0.308. The molecule has 2 heterocycles. The molecule has 1 aliphatic rings. The number of anilines is 1. The van der Waals surface area contributed by atoms with Crippen LogP contribution in [0.3, 0.4) is 0 Å². The van der Waals surface area contributed by atoms with Crippen LogP contribution < -0.4 is 10.2 Å². The molecule has 21 heavy (non-hydrogen) atoms. The molecule has 1 N–H and O–H groups in total. The van der Waals surface area contributed by atoms with Gasteiger partial charge in [0.05, 0.1) is 17.0 Å². The highest BCUT2D eigenvalue weighted by Gasteiger charge is 2.20. The Morgan fingerprint density at radius 1 is 1.29 bits per heavy atom. The highest BCUT2D eigenvalue weighted by molar-refractivity contribution is 7.90. The Labute approximate surface area is 121 Å². The first-order chi connectivity index (χ1) is 9.95. The van der Waals surface area contributed by atoms with Crippen molar-refractivity contribution in [3.63, 3.8) is 0 Å². The fourth-order valence-corrected chi connectivity index (χ4v) is 2.97. The molecule has 1 aliphatic heterocycles. The Hall–Kier alpha value is -2.22. The van der Waals surface area contributed by atoms with Crippen LogP contribution in [0.5, 0.6) is 0 Å². The number of rotatable bonds is 2. The summed E-state index contributed by atoms with van der Waals surface area (Å²) >= 11 is 0. The number of amides is 1. The van der Waals surface area contributed by atoms with Crippen molar-refractivity contribution < 1.29 is 13.2 Å². The van der Waals surface area contributed by atoms with E-state index >= 15 is 0 Å².